The molecule has 0 bridgehead atoms. The Morgan fingerprint density at radius 2 is 2.07 bits per heavy atom. The van der Waals surface area contributed by atoms with Crippen LogP contribution in [0.5, 0.6) is 0 Å². The SMILES string of the molecule is C=C/C(=C\C(=C(/C)NCC(C)C)C(F)(F)F)c1n[nH]cc1CN(C)CCNC. The third kappa shape index (κ3) is 7.52. The van der Waals surface area contributed by atoms with Gasteiger partial charge in [-0.25, -0.2) is 0 Å². The number of H-pyrrole nitrogens is 1. The highest BCUT2D eigenvalue weighted by molar-refractivity contribution is 5.75. The number of rotatable bonds is 11. The van der Waals surface area contributed by atoms with Crippen molar-refractivity contribution in [1.82, 2.24) is 25.7 Å². The second-order valence-electron chi connectivity index (χ2n) is 7.22. The number of hydrogen-bond acceptors (Lipinski definition) is 4. The van der Waals surface area contributed by atoms with Crippen molar-refractivity contribution in [2.75, 3.05) is 33.7 Å². The molecule has 1 heterocycles. The quantitative estimate of drug-likeness (QED) is 0.497. The van der Waals surface area contributed by atoms with E-state index in [1.54, 1.807) is 6.20 Å². The molecule has 158 valence electrons. The van der Waals surface area contributed by atoms with Crippen LogP contribution < -0.4 is 10.6 Å². The van der Waals surface area contributed by atoms with E-state index in [0.717, 1.165) is 24.7 Å². The highest BCUT2D eigenvalue weighted by atomic mass is 19.4. The van der Waals surface area contributed by atoms with Crippen LogP contribution in [0.15, 0.2) is 36.2 Å². The molecule has 1 aromatic heterocycles. The van der Waals surface area contributed by atoms with Crippen LogP contribution in [0.2, 0.25) is 0 Å². The molecule has 1 aromatic rings. The molecule has 5 nitrogen and oxygen atoms in total. The average Bonchev–Trinajstić information content (AvgIpc) is 3.05. The highest BCUT2D eigenvalue weighted by Gasteiger charge is 2.34. The van der Waals surface area contributed by atoms with Crippen molar-refractivity contribution in [2.24, 2.45) is 5.92 Å². The number of aromatic nitrogens is 2. The largest absolute Gasteiger partial charge is 0.418 e. The second-order valence-corrected chi connectivity index (χ2v) is 7.22. The van der Waals surface area contributed by atoms with E-state index in [9.17, 15) is 13.2 Å². The second kappa shape index (κ2) is 11.1. The van der Waals surface area contributed by atoms with Gasteiger partial charge in [-0.15, -0.1) is 0 Å². The minimum atomic E-state index is -4.48. The summed E-state index contributed by atoms with van der Waals surface area (Å²) < 4.78 is 41.0. The number of halogens is 3. The zero-order valence-corrected chi connectivity index (χ0v) is 17.4. The summed E-state index contributed by atoms with van der Waals surface area (Å²) in [5.74, 6) is 0.235. The predicted octanol–water partition coefficient (Wildman–Crippen LogP) is 3.71. The molecule has 0 saturated carbocycles. The molecular formula is C20H32F3N5. The zero-order chi connectivity index (χ0) is 21.3. The van der Waals surface area contributed by atoms with E-state index < -0.39 is 11.7 Å². The third-order valence-corrected chi connectivity index (χ3v) is 4.18. The van der Waals surface area contributed by atoms with Crippen LogP contribution in [0.25, 0.3) is 5.57 Å². The van der Waals surface area contributed by atoms with E-state index in [2.05, 4.69) is 32.3 Å². The molecular weight excluding hydrogens is 367 g/mol. The predicted molar refractivity (Wildman–Crippen MR) is 109 cm³/mol. The van der Waals surface area contributed by atoms with Gasteiger partial charge in [0.1, 0.15) is 0 Å². The van der Waals surface area contributed by atoms with E-state index in [4.69, 9.17) is 0 Å². The van der Waals surface area contributed by atoms with Gasteiger partial charge in [0.25, 0.3) is 0 Å². The first kappa shape index (κ1) is 24.0. The van der Waals surface area contributed by atoms with E-state index in [-0.39, 0.29) is 11.6 Å². The Labute approximate surface area is 165 Å². The molecule has 0 amide bonds. The van der Waals surface area contributed by atoms with Crippen molar-refractivity contribution < 1.29 is 13.2 Å². The van der Waals surface area contributed by atoms with Crippen LogP contribution in [0, 0.1) is 5.92 Å². The van der Waals surface area contributed by atoms with Gasteiger partial charge >= 0.3 is 6.18 Å². The van der Waals surface area contributed by atoms with Gasteiger partial charge in [-0.3, -0.25) is 5.10 Å². The minimum absolute atomic E-state index is 0.0868. The van der Waals surface area contributed by atoms with Gasteiger partial charge in [-0.2, -0.15) is 18.3 Å². The lowest BCUT2D eigenvalue weighted by molar-refractivity contribution is -0.0892. The Balaban J connectivity index is 3.23. The fourth-order valence-electron chi connectivity index (χ4n) is 2.59. The fraction of sp³-hybridized carbons (Fsp3) is 0.550. The van der Waals surface area contributed by atoms with E-state index in [0.29, 0.717) is 24.4 Å². The number of hydrogen-bond donors (Lipinski definition) is 3. The molecule has 0 aromatic carbocycles. The molecule has 0 aliphatic carbocycles. The molecule has 0 saturated heterocycles. The highest BCUT2D eigenvalue weighted by Crippen LogP contribution is 2.32. The number of nitrogens with zero attached hydrogens (tertiary/aromatic N) is 2. The van der Waals surface area contributed by atoms with Gasteiger partial charge in [0.2, 0.25) is 0 Å². The Kier molecular flexibility index (Phi) is 9.48. The number of alkyl halides is 3. The molecule has 0 aliphatic heterocycles. The van der Waals surface area contributed by atoms with Crippen molar-refractivity contribution in [1.29, 1.82) is 0 Å². The molecule has 0 spiro atoms. The van der Waals surface area contributed by atoms with Crippen molar-refractivity contribution in [3.8, 4) is 0 Å². The standard InChI is InChI=1S/C20H32F3N5/c1-7-16(10-18(20(21,22)23)15(4)25-11-14(2)3)19-17(12-26-27-19)13-28(6)9-8-24-5/h7,10,12,14,24-25H,1,8-9,11,13H2,2-6H3,(H,26,27)/b16-10+,18-15-. The Bertz CT molecular complexity index is 686. The molecule has 0 unspecified atom stereocenters. The number of aromatic amines is 1. The maximum absolute atomic E-state index is 13.7. The van der Waals surface area contributed by atoms with Gasteiger partial charge in [0, 0.05) is 49.2 Å². The first-order valence-corrected chi connectivity index (χ1v) is 9.32. The van der Waals surface area contributed by atoms with Crippen LogP contribution in [0.3, 0.4) is 0 Å². The van der Waals surface area contributed by atoms with E-state index in [1.807, 2.05) is 27.9 Å². The van der Waals surface area contributed by atoms with Crippen molar-refractivity contribution in [3.05, 3.63) is 47.5 Å². The lowest BCUT2D eigenvalue weighted by Crippen LogP contribution is -2.27. The topological polar surface area (TPSA) is 56.0 Å². The van der Waals surface area contributed by atoms with Crippen molar-refractivity contribution in [2.45, 2.75) is 33.5 Å². The number of allylic oxidation sites excluding steroid dienone is 5. The summed E-state index contributed by atoms with van der Waals surface area (Å²) >= 11 is 0. The molecule has 1 rings (SSSR count). The van der Waals surface area contributed by atoms with Gasteiger partial charge in [0.05, 0.1) is 11.3 Å². The van der Waals surface area contributed by atoms with Crippen LogP contribution in [-0.4, -0.2) is 55.0 Å². The minimum Gasteiger partial charge on any atom is -0.388 e. The molecule has 0 radical (unpaired) electrons. The summed E-state index contributed by atoms with van der Waals surface area (Å²) in [6, 6.07) is 0. The smallest absolute Gasteiger partial charge is 0.388 e. The maximum Gasteiger partial charge on any atom is 0.418 e. The summed E-state index contributed by atoms with van der Waals surface area (Å²) in [5.41, 5.74) is 0.990. The lowest BCUT2D eigenvalue weighted by atomic mass is 10.0. The summed E-state index contributed by atoms with van der Waals surface area (Å²) in [6.07, 6.45) is -0.247. The summed E-state index contributed by atoms with van der Waals surface area (Å²) in [5, 5.41) is 12.9. The number of nitrogens with one attached hydrogen (secondary N) is 3. The number of likely N-dealkylation sites (N-methyl/N-ethyl adjacent to an activating group) is 2. The Hall–Kier alpha value is -2.06. The van der Waals surface area contributed by atoms with Gasteiger partial charge in [0.15, 0.2) is 0 Å². The summed E-state index contributed by atoms with van der Waals surface area (Å²) in [4.78, 5) is 2.07. The first-order chi connectivity index (χ1) is 13.1. The van der Waals surface area contributed by atoms with Crippen LogP contribution in [0.1, 0.15) is 32.0 Å². The summed E-state index contributed by atoms with van der Waals surface area (Å²) in [6.45, 7) is 11.7. The van der Waals surface area contributed by atoms with Crippen LogP contribution in [-0.2, 0) is 6.54 Å². The molecule has 28 heavy (non-hydrogen) atoms. The lowest BCUT2D eigenvalue weighted by Gasteiger charge is -2.18. The summed E-state index contributed by atoms with van der Waals surface area (Å²) in [7, 11) is 3.82. The monoisotopic (exact) mass is 399 g/mol. The molecule has 0 fully saturated rings. The fourth-order valence-corrected chi connectivity index (χ4v) is 2.59. The average molecular weight is 400 g/mol. The van der Waals surface area contributed by atoms with Gasteiger partial charge in [-0.1, -0.05) is 26.5 Å². The first-order valence-electron chi connectivity index (χ1n) is 9.32. The molecule has 0 atom stereocenters. The van der Waals surface area contributed by atoms with Crippen LogP contribution in [0.4, 0.5) is 13.2 Å². The third-order valence-electron chi connectivity index (χ3n) is 4.18. The molecule has 0 aliphatic rings. The van der Waals surface area contributed by atoms with Gasteiger partial charge in [-0.05, 0) is 33.0 Å². The molecule has 8 heteroatoms. The maximum atomic E-state index is 13.7. The van der Waals surface area contributed by atoms with Crippen molar-refractivity contribution >= 4 is 5.57 Å². The normalized spacial score (nSPS) is 13.9. The Morgan fingerprint density at radius 3 is 2.61 bits per heavy atom. The van der Waals surface area contributed by atoms with E-state index in [1.165, 1.54) is 13.0 Å². The van der Waals surface area contributed by atoms with Gasteiger partial charge < -0.3 is 15.5 Å². The molecule has 3 N–H and O–H groups in total. The van der Waals surface area contributed by atoms with E-state index >= 15 is 0 Å². The van der Waals surface area contributed by atoms with Crippen molar-refractivity contribution in [3.63, 3.8) is 0 Å². The van der Waals surface area contributed by atoms with Crippen LogP contribution >= 0.6 is 0 Å². The zero-order valence-electron chi connectivity index (χ0n) is 17.4. The Morgan fingerprint density at radius 1 is 1.39 bits per heavy atom.